The number of amides is 1. The Hall–Kier alpha value is -2.06. The summed E-state index contributed by atoms with van der Waals surface area (Å²) in [4.78, 5) is 14.0. The molecule has 1 saturated heterocycles. The average Bonchev–Trinajstić information content (AvgIpc) is 2.78. The van der Waals surface area contributed by atoms with Gasteiger partial charge in [-0.3, -0.25) is 4.79 Å². The average molecular weight is 288 g/mol. The Morgan fingerprint density at radius 3 is 2.95 bits per heavy atom. The summed E-state index contributed by atoms with van der Waals surface area (Å²) in [7, 11) is 0. The summed E-state index contributed by atoms with van der Waals surface area (Å²) >= 11 is 0. The van der Waals surface area contributed by atoms with Gasteiger partial charge in [0.25, 0.3) is 5.91 Å². The molecule has 5 heteroatoms. The number of aliphatic hydroxyl groups is 1. The zero-order valence-electron chi connectivity index (χ0n) is 12.0. The number of carbonyl (C=O) groups is 1. The molecule has 1 aliphatic heterocycles. The molecule has 21 heavy (non-hydrogen) atoms. The Bertz CT molecular complexity index is 524. The van der Waals surface area contributed by atoms with E-state index in [1.165, 1.54) is 0 Å². The van der Waals surface area contributed by atoms with Crippen molar-refractivity contribution in [3.63, 3.8) is 0 Å². The van der Waals surface area contributed by atoms with Gasteiger partial charge in [-0.25, -0.2) is 0 Å². The van der Waals surface area contributed by atoms with Gasteiger partial charge in [-0.2, -0.15) is 5.26 Å². The molecule has 1 atom stereocenters. The summed E-state index contributed by atoms with van der Waals surface area (Å²) in [5.41, 5.74) is 0.417. The molecule has 1 aliphatic rings. The monoisotopic (exact) mass is 288 g/mol. The van der Waals surface area contributed by atoms with Crippen molar-refractivity contribution < 1.29 is 14.6 Å². The number of rotatable bonds is 4. The van der Waals surface area contributed by atoms with Crippen LogP contribution in [0.4, 0.5) is 0 Å². The highest BCUT2D eigenvalue weighted by atomic mass is 16.5. The smallest absolute Gasteiger partial charge is 0.260 e. The summed E-state index contributed by atoms with van der Waals surface area (Å²) in [6.45, 7) is 0.545. The van der Waals surface area contributed by atoms with Crippen LogP contribution < -0.4 is 4.74 Å². The number of nitrogens with zero attached hydrogens (tertiary/aromatic N) is 2. The lowest BCUT2D eigenvalue weighted by Crippen LogP contribution is -2.44. The Labute approximate surface area is 124 Å². The van der Waals surface area contributed by atoms with E-state index in [1.807, 2.05) is 6.07 Å². The normalized spacial score (nSPS) is 18.7. The Kier molecular flexibility index (Phi) is 5.59. The first-order chi connectivity index (χ1) is 10.3. The summed E-state index contributed by atoms with van der Waals surface area (Å²) in [5.74, 6) is 0.285. The van der Waals surface area contributed by atoms with Gasteiger partial charge >= 0.3 is 0 Å². The van der Waals surface area contributed by atoms with Gasteiger partial charge in [0.1, 0.15) is 11.8 Å². The maximum Gasteiger partial charge on any atom is 0.260 e. The first kappa shape index (κ1) is 15.3. The molecule has 1 heterocycles. The molecule has 1 fully saturated rings. The fourth-order valence-electron chi connectivity index (χ4n) is 2.60. The van der Waals surface area contributed by atoms with Crippen molar-refractivity contribution in [3.05, 3.63) is 29.8 Å². The molecule has 1 N–H and O–H groups in total. The van der Waals surface area contributed by atoms with E-state index in [9.17, 15) is 9.90 Å². The maximum absolute atomic E-state index is 12.3. The molecule has 2 rings (SSSR count). The Balaban J connectivity index is 1.98. The number of carbonyl (C=O) groups excluding carboxylic acids is 1. The van der Waals surface area contributed by atoms with Crippen LogP contribution in [0.15, 0.2) is 24.3 Å². The van der Waals surface area contributed by atoms with Crippen LogP contribution in [-0.4, -0.2) is 41.7 Å². The molecular weight excluding hydrogens is 268 g/mol. The number of aliphatic hydroxyl groups excluding tert-OH is 1. The number of ether oxygens (including phenoxy) is 1. The van der Waals surface area contributed by atoms with Crippen molar-refractivity contribution in [2.75, 3.05) is 19.8 Å². The zero-order valence-corrected chi connectivity index (χ0v) is 12.0. The number of likely N-dealkylation sites (tertiary alicyclic amines) is 1. The molecule has 1 aromatic carbocycles. The third-order valence-electron chi connectivity index (χ3n) is 3.77. The largest absolute Gasteiger partial charge is 0.482 e. The first-order valence-electron chi connectivity index (χ1n) is 7.28. The van der Waals surface area contributed by atoms with Gasteiger partial charge in [-0.1, -0.05) is 25.0 Å². The number of para-hydroxylation sites is 1. The van der Waals surface area contributed by atoms with E-state index in [1.54, 1.807) is 29.2 Å². The third-order valence-corrected chi connectivity index (χ3v) is 3.77. The molecule has 1 amide bonds. The van der Waals surface area contributed by atoms with Crippen molar-refractivity contribution >= 4 is 5.91 Å². The highest BCUT2D eigenvalue weighted by Crippen LogP contribution is 2.19. The Morgan fingerprint density at radius 2 is 2.19 bits per heavy atom. The van der Waals surface area contributed by atoms with Gasteiger partial charge < -0.3 is 14.7 Å². The quantitative estimate of drug-likeness (QED) is 0.915. The maximum atomic E-state index is 12.3. The summed E-state index contributed by atoms with van der Waals surface area (Å²) in [6.07, 6.45) is 3.90. The van der Waals surface area contributed by atoms with Crippen LogP contribution in [0.3, 0.4) is 0 Å². The minimum Gasteiger partial charge on any atom is -0.482 e. The molecule has 1 aromatic rings. The molecule has 112 valence electrons. The highest BCUT2D eigenvalue weighted by molar-refractivity contribution is 5.78. The van der Waals surface area contributed by atoms with Crippen LogP contribution in [0.5, 0.6) is 5.75 Å². The molecule has 0 spiro atoms. The van der Waals surface area contributed by atoms with E-state index in [0.29, 0.717) is 17.9 Å². The lowest BCUT2D eigenvalue weighted by molar-refractivity contribution is -0.136. The van der Waals surface area contributed by atoms with Crippen molar-refractivity contribution in [2.45, 2.75) is 31.7 Å². The van der Waals surface area contributed by atoms with Gasteiger partial charge in [-0.05, 0) is 25.0 Å². The van der Waals surface area contributed by atoms with Gasteiger partial charge in [0.05, 0.1) is 18.2 Å². The van der Waals surface area contributed by atoms with Gasteiger partial charge in [-0.15, -0.1) is 0 Å². The Morgan fingerprint density at radius 1 is 1.38 bits per heavy atom. The molecular formula is C16H20N2O3. The van der Waals surface area contributed by atoms with Crippen molar-refractivity contribution in [2.24, 2.45) is 0 Å². The van der Waals surface area contributed by atoms with Crippen LogP contribution in [0, 0.1) is 11.3 Å². The second-order valence-corrected chi connectivity index (χ2v) is 5.17. The second kappa shape index (κ2) is 7.65. The molecule has 1 unspecified atom stereocenters. The number of nitriles is 1. The van der Waals surface area contributed by atoms with Crippen molar-refractivity contribution in [1.29, 1.82) is 5.26 Å². The summed E-state index contributed by atoms with van der Waals surface area (Å²) in [5, 5.41) is 18.4. The van der Waals surface area contributed by atoms with Gasteiger partial charge in [0, 0.05) is 6.54 Å². The molecule has 0 aromatic heterocycles. The number of hydrogen-bond acceptors (Lipinski definition) is 4. The van der Waals surface area contributed by atoms with E-state index in [0.717, 1.165) is 25.7 Å². The SMILES string of the molecule is N#Cc1ccccc1OCC(=O)N1CCCCCC1CO. The van der Waals surface area contributed by atoms with Crippen LogP contribution >= 0.6 is 0 Å². The van der Waals surface area contributed by atoms with Crippen LogP contribution in [0.2, 0.25) is 0 Å². The molecule has 0 radical (unpaired) electrons. The van der Waals surface area contributed by atoms with Crippen LogP contribution in [0.1, 0.15) is 31.2 Å². The molecule has 0 saturated carbocycles. The van der Waals surface area contributed by atoms with E-state index in [-0.39, 0.29) is 25.2 Å². The summed E-state index contributed by atoms with van der Waals surface area (Å²) < 4.78 is 5.48. The lowest BCUT2D eigenvalue weighted by atomic mass is 10.1. The minimum absolute atomic E-state index is 0.0134. The van der Waals surface area contributed by atoms with Crippen molar-refractivity contribution in [1.82, 2.24) is 4.90 Å². The molecule has 0 aliphatic carbocycles. The molecule has 0 bridgehead atoms. The second-order valence-electron chi connectivity index (χ2n) is 5.17. The molecule has 5 nitrogen and oxygen atoms in total. The van der Waals surface area contributed by atoms with Crippen LogP contribution in [0.25, 0.3) is 0 Å². The van der Waals surface area contributed by atoms with E-state index in [4.69, 9.17) is 10.00 Å². The highest BCUT2D eigenvalue weighted by Gasteiger charge is 2.25. The van der Waals surface area contributed by atoms with Gasteiger partial charge in [0.2, 0.25) is 0 Å². The third kappa shape index (κ3) is 3.96. The van der Waals surface area contributed by atoms with E-state index in [2.05, 4.69) is 0 Å². The van der Waals surface area contributed by atoms with E-state index >= 15 is 0 Å². The van der Waals surface area contributed by atoms with Crippen LogP contribution in [-0.2, 0) is 4.79 Å². The predicted molar refractivity (Wildman–Crippen MR) is 77.7 cm³/mol. The predicted octanol–water partition coefficient (Wildman–Crippen LogP) is 1.70. The topological polar surface area (TPSA) is 73.6 Å². The fourth-order valence-corrected chi connectivity index (χ4v) is 2.60. The minimum atomic E-state index is -0.135. The standard InChI is InChI=1S/C16H20N2O3/c17-10-13-6-3-4-8-15(13)21-12-16(20)18-9-5-1-2-7-14(18)11-19/h3-4,6,8,14,19H,1-2,5,7,9,11-12H2. The summed E-state index contributed by atoms with van der Waals surface area (Å²) in [6, 6.07) is 8.78. The van der Waals surface area contributed by atoms with E-state index < -0.39 is 0 Å². The number of hydrogen-bond donors (Lipinski definition) is 1. The van der Waals surface area contributed by atoms with Gasteiger partial charge in [0.15, 0.2) is 6.61 Å². The first-order valence-corrected chi connectivity index (χ1v) is 7.28. The zero-order chi connectivity index (χ0) is 15.1. The van der Waals surface area contributed by atoms with Crippen molar-refractivity contribution in [3.8, 4) is 11.8 Å². The lowest BCUT2D eigenvalue weighted by Gasteiger charge is -2.28. The number of benzene rings is 1. The fraction of sp³-hybridized carbons (Fsp3) is 0.500.